The van der Waals surface area contributed by atoms with E-state index in [4.69, 9.17) is 14.5 Å². The summed E-state index contributed by atoms with van der Waals surface area (Å²) >= 11 is 0. The number of benzene rings is 3. The summed E-state index contributed by atoms with van der Waals surface area (Å²) in [6.45, 7) is 1.24. The van der Waals surface area contributed by atoms with Crippen LogP contribution in [0.25, 0.3) is 11.0 Å². The van der Waals surface area contributed by atoms with Crippen LogP contribution in [-0.4, -0.2) is 28.7 Å². The molecule has 0 aliphatic carbocycles. The first-order valence-corrected chi connectivity index (χ1v) is 10.4. The van der Waals surface area contributed by atoms with Gasteiger partial charge in [0.2, 0.25) is 5.91 Å². The first-order valence-electron chi connectivity index (χ1n) is 10.4. The molecular weight excluding hydrogens is 390 g/mol. The van der Waals surface area contributed by atoms with Crippen LogP contribution in [0.4, 0.5) is 5.69 Å². The Bertz CT molecular complexity index is 1220. The van der Waals surface area contributed by atoms with Crippen LogP contribution in [0, 0.1) is 0 Å². The van der Waals surface area contributed by atoms with Crippen molar-refractivity contribution in [1.29, 1.82) is 0 Å². The molecule has 0 radical (unpaired) electrons. The van der Waals surface area contributed by atoms with Crippen LogP contribution in [0.3, 0.4) is 0 Å². The highest BCUT2D eigenvalue weighted by molar-refractivity contribution is 5.92. The van der Waals surface area contributed by atoms with Gasteiger partial charge in [0.1, 0.15) is 25.6 Å². The maximum absolute atomic E-state index is 12.9. The molecule has 0 spiro atoms. The maximum Gasteiger partial charge on any atom is 0.244 e. The number of carbonyl (C=O) groups excluding carboxylic acids is 1. The Morgan fingerprint density at radius 2 is 1.68 bits per heavy atom. The number of nitrogens with one attached hydrogen (secondary N) is 1. The normalized spacial score (nSPS) is 12.6. The number of imidazole rings is 1. The quantitative estimate of drug-likeness (QED) is 0.514. The minimum atomic E-state index is -0.110. The molecule has 1 aliphatic rings. The van der Waals surface area contributed by atoms with Crippen LogP contribution in [0.1, 0.15) is 11.4 Å². The zero-order valence-electron chi connectivity index (χ0n) is 17.1. The Hall–Kier alpha value is -3.80. The van der Waals surface area contributed by atoms with Crippen molar-refractivity contribution in [1.82, 2.24) is 9.55 Å². The number of fused-ring (bicyclic) bond motifs is 2. The molecule has 31 heavy (non-hydrogen) atoms. The molecule has 1 amide bonds. The molecule has 0 unspecified atom stereocenters. The molecule has 0 saturated carbocycles. The molecule has 3 aromatic carbocycles. The summed E-state index contributed by atoms with van der Waals surface area (Å²) in [5.74, 6) is 2.15. The third kappa shape index (κ3) is 4.23. The van der Waals surface area contributed by atoms with Gasteiger partial charge in [0.15, 0.2) is 11.5 Å². The second-order valence-electron chi connectivity index (χ2n) is 7.50. The predicted octanol–water partition coefficient (Wildman–Crippen LogP) is 4.23. The number of amides is 1. The number of anilines is 1. The Morgan fingerprint density at radius 3 is 2.55 bits per heavy atom. The Morgan fingerprint density at radius 1 is 0.903 bits per heavy atom. The number of aromatic nitrogens is 2. The van der Waals surface area contributed by atoms with Crippen molar-refractivity contribution < 1.29 is 14.3 Å². The van der Waals surface area contributed by atoms with Crippen molar-refractivity contribution in [2.75, 3.05) is 18.5 Å². The lowest BCUT2D eigenvalue weighted by Gasteiger charge is -2.19. The molecule has 156 valence electrons. The third-order valence-corrected chi connectivity index (χ3v) is 5.34. The zero-order chi connectivity index (χ0) is 21.0. The maximum atomic E-state index is 12.9. The number of para-hydroxylation sites is 2. The molecule has 5 rings (SSSR count). The van der Waals surface area contributed by atoms with Gasteiger partial charge in [-0.25, -0.2) is 4.98 Å². The average Bonchev–Trinajstić information content (AvgIpc) is 3.15. The number of aryl methyl sites for hydroxylation is 2. The van der Waals surface area contributed by atoms with E-state index in [-0.39, 0.29) is 12.5 Å². The molecule has 6 nitrogen and oxygen atoms in total. The van der Waals surface area contributed by atoms with Crippen LogP contribution in [0.15, 0.2) is 72.8 Å². The molecule has 6 heteroatoms. The minimum absolute atomic E-state index is 0.110. The molecular formula is C25H23N3O3. The fourth-order valence-corrected chi connectivity index (χ4v) is 3.86. The summed E-state index contributed by atoms with van der Waals surface area (Å²) in [6.07, 6.45) is 1.63. The average molecular weight is 413 g/mol. The monoisotopic (exact) mass is 413 g/mol. The van der Waals surface area contributed by atoms with E-state index in [0.29, 0.717) is 30.4 Å². The van der Waals surface area contributed by atoms with E-state index >= 15 is 0 Å². The second kappa shape index (κ2) is 8.52. The van der Waals surface area contributed by atoms with E-state index < -0.39 is 0 Å². The largest absolute Gasteiger partial charge is 0.486 e. The van der Waals surface area contributed by atoms with Crippen LogP contribution >= 0.6 is 0 Å². The number of hydrogen-bond donors (Lipinski definition) is 1. The summed E-state index contributed by atoms with van der Waals surface area (Å²) in [7, 11) is 0. The van der Waals surface area contributed by atoms with Gasteiger partial charge in [-0.15, -0.1) is 0 Å². The van der Waals surface area contributed by atoms with Gasteiger partial charge in [0.05, 0.1) is 11.0 Å². The van der Waals surface area contributed by atoms with Gasteiger partial charge < -0.3 is 19.4 Å². The molecule has 0 bridgehead atoms. The second-order valence-corrected chi connectivity index (χ2v) is 7.50. The van der Waals surface area contributed by atoms with Gasteiger partial charge in [-0.1, -0.05) is 42.5 Å². The lowest BCUT2D eigenvalue weighted by atomic mass is 10.1. The minimum Gasteiger partial charge on any atom is -0.486 e. The first-order chi connectivity index (χ1) is 15.3. The van der Waals surface area contributed by atoms with Crippen molar-refractivity contribution >= 4 is 22.6 Å². The van der Waals surface area contributed by atoms with E-state index in [9.17, 15) is 4.79 Å². The SMILES string of the molecule is O=C(Cn1c(CCc2ccccc2)nc2ccccc21)Nc1ccc2c(c1)OCCO2. The summed E-state index contributed by atoms with van der Waals surface area (Å²) in [5.41, 5.74) is 3.80. The van der Waals surface area contributed by atoms with Crippen molar-refractivity contribution in [3.05, 3.63) is 84.2 Å². The summed E-state index contributed by atoms with van der Waals surface area (Å²) < 4.78 is 13.2. The number of ether oxygens (including phenoxy) is 2. The zero-order valence-corrected chi connectivity index (χ0v) is 17.1. The molecule has 1 aromatic heterocycles. The van der Waals surface area contributed by atoms with Crippen molar-refractivity contribution in [3.8, 4) is 11.5 Å². The Balaban J connectivity index is 1.35. The van der Waals surface area contributed by atoms with Gasteiger partial charge >= 0.3 is 0 Å². The highest BCUT2D eigenvalue weighted by atomic mass is 16.6. The summed E-state index contributed by atoms with van der Waals surface area (Å²) in [5, 5.41) is 2.97. The van der Waals surface area contributed by atoms with Crippen molar-refractivity contribution in [2.45, 2.75) is 19.4 Å². The van der Waals surface area contributed by atoms with E-state index in [1.54, 1.807) is 6.07 Å². The van der Waals surface area contributed by atoms with E-state index in [0.717, 1.165) is 29.7 Å². The molecule has 1 aliphatic heterocycles. The topological polar surface area (TPSA) is 65.4 Å². The lowest BCUT2D eigenvalue weighted by molar-refractivity contribution is -0.116. The smallest absolute Gasteiger partial charge is 0.244 e. The van der Waals surface area contributed by atoms with Crippen LogP contribution < -0.4 is 14.8 Å². The molecule has 2 heterocycles. The van der Waals surface area contributed by atoms with Crippen molar-refractivity contribution in [2.24, 2.45) is 0 Å². The highest BCUT2D eigenvalue weighted by Gasteiger charge is 2.16. The van der Waals surface area contributed by atoms with Gasteiger partial charge in [-0.2, -0.15) is 0 Å². The molecule has 4 aromatic rings. The van der Waals surface area contributed by atoms with E-state index in [1.165, 1.54) is 5.56 Å². The van der Waals surface area contributed by atoms with Gasteiger partial charge in [-0.3, -0.25) is 4.79 Å². The number of nitrogens with zero attached hydrogens (tertiary/aromatic N) is 2. The molecule has 1 N–H and O–H groups in total. The molecule has 0 fully saturated rings. The van der Waals surface area contributed by atoms with Crippen LogP contribution in [-0.2, 0) is 24.2 Å². The third-order valence-electron chi connectivity index (χ3n) is 5.34. The summed E-state index contributed by atoms with van der Waals surface area (Å²) in [4.78, 5) is 17.7. The van der Waals surface area contributed by atoms with E-state index in [1.807, 2.05) is 59.2 Å². The van der Waals surface area contributed by atoms with Crippen molar-refractivity contribution in [3.63, 3.8) is 0 Å². The Labute approximate surface area is 180 Å². The standard InChI is InChI=1S/C25H23N3O3/c29-25(26-19-11-12-22-23(16-19)31-15-14-30-22)17-28-21-9-5-4-8-20(21)27-24(28)13-10-18-6-2-1-3-7-18/h1-9,11-12,16H,10,13-15,17H2,(H,26,29). The molecule has 0 saturated heterocycles. The van der Waals surface area contributed by atoms with Crippen LogP contribution in [0.5, 0.6) is 11.5 Å². The van der Waals surface area contributed by atoms with Gasteiger partial charge in [-0.05, 0) is 36.2 Å². The van der Waals surface area contributed by atoms with E-state index in [2.05, 4.69) is 17.4 Å². The summed E-state index contributed by atoms with van der Waals surface area (Å²) in [6, 6.07) is 23.7. The van der Waals surface area contributed by atoms with Crippen LogP contribution in [0.2, 0.25) is 0 Å². The fraction of sp³-hybridized carbons (Fsp3) is 0.200. The van der Waals surface area contributed by atoms with Gasteiger partial charge in [0, 0.05) is 18.2 Å². The molecule has 0 atom stereocenters. The predicted molar refractivity (Wildman–Crippen MR) is 120 cm³/mol. The Kier molecular flexibility index (Phi) is 5.27. The van der Waals surface area contributed by atoms with Gasteiger partial charge in [0.25, 0.3) is 0 Å². The number of rotatable bonds is 6. The highest BCUT2D eigenvalue weighted by Crippen LogP contribution is 2.32. The first kappa shape index (κ1) is 19.2. The fourth-order valence-electron chi connectivity index (χ4n) is 3.86. The number of hydrogen-bond acceptors (Lipinski definition) is 4. The lowest BCUT2D eigenvalue weighted by Crippen LogP contribution is -2.21. The number of carbonyl (C=O) groups is 1.